The molecule has 0 saturated heterocycles. The predicted octanol–water partition coefficient (Wildman–Crippen LogP) is 3.17. The van der Waals surface area contributed by atoms with Crippen LogP contribution in [0.2, 0.25) is 13.1 Å². The van der Waals surface area contributed by atoms with E-state index in [1.54, 1.807) is 6.08 Å². The van der Waals surface area contributed by atoms with Gasteiger partial charge < -0.3 is 8.85 Å². The van der Waals surface area contributed by atoms with E-state index < -0.39 is 8.56 Å². The highest BCUT2D eigenvalue weighted by atomic mass is 35.5. The Kier molecular flexibility index (Phi) is 12.3. The standard InChI is InChI=1S/C6H16O2Si.C3H5Cl/c1-5-7-9(3,4)8-6-2;1-2-3-4/h5-6H2,1-4H3;2H,1,3H2. The second kappa shape index (κ2) is 10.2. The SMILES string of the molecule is C=CCCl.CCO[Si](C)(C)OCC. The molecule has 0 spiro atoms. The summed E-state index contributed by atoms with van der Waals surface area (Å²) >= 11 is 5.07. The zero-order chi connectivity index (χ0) is 10.7. The van der Waals surface area contributed by atoms with E-state index in [-0.39, 0.29) is 0 Å². The summed E-state index contributed by atoms with van der Waals surface area (Å²) < 4.78 is 10.8. The Balaban J connectivity index is 0. The van der Waals surface area contributed by atoms with E-state index >= 15 is 0 Å². The molecule has 0 radical (unpaired) electrons. The lowest BCUT2D eigenvalue weighted by molar-refractivity contribution is 0.196. The lowest BCUT2D eigenvalue weighted by Gasteiger charge is -2.20. The molecule has 0 heterocycles. The van der Waals surface area contributed by atoms with Gasteiger partial charge in [0.05, 0.1) is 0 Å². The molecular formula is C9H21ClO2Si. The Labute approximate surface area is 88.1 Å². The van der Waals surface area contributed by atoms with E-state index in [4.69, 9.17) is 20.5 Å². The van der Waals surface area contributed by atoms with Crippen LogP contribution in [0.25, 0.3) is 0 Å². The average Bonchev–Trinajstić information content (AvgIpc) is 2.04. The molecule has 0 bridgehead atoms. The highest BCUT2D eigenvalue weighted by molar-refractivity contribution is 6.64. The van der Waals surface area contributed by atoms with E-state index in [2.05, 4.69) is 19.7 Å². The first-order valence-corrected chi connectivity index (χ1v) is 7.83. The summed E-state index contributed by atoms with van der Waals surface area (Å²) in [5.41, 5.74) is 0. The maximum atomic E-state index is 5.39. The summed E-state index contributed by atoms with van der Waals surface area (Å²) in [6.45, 7) is 13.0. The van der Waals surface area contributed by atoms with E-state index in [0.717, 1.165) is 13.2 Å². The lowest BCUT2D eigenvalue weighted by Crippen LogP contribution is -2.34. The van der Waals surface area contributed by atoms with Crippen molar-refractivity contribution >= 4 is 20.2 Å². The van der Waals surface area contributed by atoms with Crippen molar-refractivity contribution in [3.8, 4) is 0 Å². The molecule has 0 aromatic carbocycles. The third-order valence-electron chi connectivity index (χ3n) is 1.09. The summed E-state index contributed by atoms with van der Waals surface area (Å²) in [6.07, 6.45) is 1.64. The van der Waals surface area contributed by atoms with Crippen molar-refractivity contribution in [2.75, 3.05) is 19.1 Å². The molecular weight excluding hydrogens is 204 g/mol. The third-order valence-corrected chi connectivity index (χ3v) is 3.28. The van der Waals surface area contributed by atoms with Gasteiger partial charge in [-0.2, -0.15) is 0 Å². The van der Waals surface area contributed by atoms with Gasteiger partial charge in [-0.05, 0) is 26.9 Å². The molecule has 13 heavy (non-hydrogen) atoms. The molecule has 0 aliphatic rings. The minimum absolute atomic E-state index is 0.556. The quantitative estimate of drug-likeness (QED) is 0.406. The van der Waals surface area contributed by atoms with Crippen LogP contribution in [0, 0.1) is 0 Å². The monoisotopic (exact) mass is 224 g/mol. The van der Waals surface area contributed by atoms with Crippen molar-refractivity contribution in [1.29, 1.82) is 0 Å². The normalized spacial score (nSPS) is 10.2. The first-order valence-electron chi connectivity index (χ1n) is 4.48. The topological polar surface area (TPSA) is 18.5 Å². The minimum atomic E-state index is -1.70. The Morgan fingerprint density at radius 1 is 1.23 bits per heavy atom. The van der Waals surface area contributed by atoms with Crippen molar-refractivity contribution in [2.24, 2.45) is 0 Å². The van der Waals surface area contributed by atoms with Gasteiger partial charge in [0.15, 0.2) is 0 Å². The van der Waals surface area contributed by atoms with Crippen LogP contribution in [0.15, 0.2) is 12.7 Å². The van der Waals surface area contributed by atoms with Gasteiger partial charge in [-0.15, -0.1) is 18.2 Å². The Hall–Kier alpha value is 0.167. The van der Waals surface area contributed by atoms with Crippen LogP contribution in [-0.4, -0.2) is 27.7 Å². The summed E-state index contributed by atoms with van der Waals surface area (Å²) in [5.74, 6) is 0.556. The molecule has 0 saturated carbocycles. The van der Waals surface area contributed by atoms with Gasteiger partial charge in [0.25, 0.3) is 0 Å². The highest BCUT2D eigenvalue weighted by Gasteiger charge is 2.22. The number of hydrogen-bond donors (Lipinski definition) is 0. The molecule has 0 amide bonds. The van der Waals surface area contributed by atoms with Crippen LogP contribution in [0.1, 0.15) is 13.8 Å². The van der Waals surface area contributed by atoms with Crippen LogP contribution in [-0.2, 0) is 8.85 Å². The number of hydrogen-bond acceptors (Lipinski definition) is 2. The Morgan fingerprint density at radius 3 is 1.69 bits per heavy atom. The maximum absolute atomic E-state index is 5.39. The largest absolute Gasteiger partial charge is 0.395 e. The van der Waals surface area contributed by atoms with E-state index in [0.29, 0.717) is 5.88 Å². The van der Waals surface area contributed by atoms with Gasteiger partial charge in [0, 0.05) is 19.1 Å². The number of rotatable bonds is 5. The van der Waals surface area contributed by atoms with Crippen LogP contribution >= 0.6 is 11.6 Å². The molecule has 0 rings (SSSR count). The number of halogens is 1. The first-order chi connectivity index (χ1) is 6.04. The van der Waals surface area contributed by atoms with E-state index in [9.17, 15) is 0 Å². The molecule has 0 aliphatic carbocycles. The molecule has 4 heteroatoms. The van der Waals surface area contributed by atoms with Gasteiger partial charge in [0.2, 0.25) is 0 Å². The van der Waals surface area contributed by atoms with Crippen molar-refractivity contribution in [2.45, 2.75) is 26.9 Å². The fourth-order valence-electron chi connectivity index (χ4n) is 0.737. The zero-order valence-electron chi connectivity index (χ0n) is 9.10. The van der Waals surface area contributed by atoms with Crippen LogP contribution in [0.5, 0.6) is 0 Å². The smallest absolute Gasteiger partial charge is 0.331 e. The number of alkyl halides is 1. The van der Waals surface area contributed by atoms with Crippen molar-refractivity contribution in [1.82, 2.24) is 0 Å². The maximum Gasteiger partial charge on any atom is 0.331 e. The predicted molar refractivity (Wildman–Crippen MR) is 61.7 cm³/mol. The zero-order valence-corrected chi connectivity index (χ0v) is 10.9. The van der Waals surface area contributed by atoms with Crippen LogP contribution in [0.4, 0.5) is 0 Å². The molecule has 0 aromatic heterocycles. The summed E-state index contributed by atoms with van der Waals surface area (Å²) in [4.78, 5) is 0. The number of allylic oxidation sites excluding steroid dienone is 1. The second-order valence-electron chi connectivity index (χ2n) is 2.71. The fourth-order valence-corrected chi connectivity index (χ4v) is 2.21. The molecule has 0 fully saturated rings. The van der Waals surface area contributed by atoms with Gasteiger partial charge in [-0.25, -0.2) is 0 Å². The fraction of sp³-hybridized carbons (Fsp3) is 0.778. The lowest BCUT2D eigenvalue weighted by atomic mass is 10.8. The van der Waals surface area contributed by atoms with E-state index in [1.807, 2.05) is 13.8 Å². The third kappa shape index (κ3) is 15.0. The molecule has 0 aromatic rings. The second-order valence-corrected chi connectivity index (χ2v) is 6.39. The minimum Gasteiger partial charge on any atom is -0.395 e. The van der Waals surface area contributed by atoms with Crippen molar-refractivity contribution < 1.29 is 8.85 Å². The highest BCUT2D eigenvalue weighted by Crippen LogP contribution is 2.04. The average molecular weight is 225 g/mol. The van der Waals surface area contributed by atoms with E-state index in [1.165, 1.54) is 0 Å². The van der Waals surface area contributed by atoms with Crippen LogP contribution in [0.3, 0.4) is 0 Å². The summed E-state index contributed by atoms with van der Waals surface area (Å²) in [7, 11) is -1.70. The van der Waals surface area contributed by atoms with Gasteiger partial charge in [-0.1, -0.05) is 6.08 Å². The molecule has 0 N–H and O–H groups in total. The molecule has 0 unspecified atom stereocenters. The molecule has 80 valence electrons. The molecule has 2 nitrogen and oxygen atoms in total. The first kappa shape index (κ1) is 15.6. The molecule has 0 atom stereocenters. The van der Waals surface area contributed by atoms with Crippen molar-refractivity contribution in [3.05, 3.63) is 12.7 Å². The summed E-state index contributed by atoms with van der Waals surface area (Å²) in [6, 6.07) is 0. The van der Waals surface area contributed by atoms with Gasteiger partial charge >= 0.3 is 8.56 Å². The van der Waals surface area contributed by atoms with Crippen LogP contribution < -0.4 is 0 Å². The van der Waals surface area contributed by atoms with Gasteiger partial charge in [-0.3, -0.25) is 0 Å². The Bertz CT molecular complexity index is 110. The van der Waals surface area contributed by atoms with Crippen molar-refractivity contribution in [3.63, 3.8) is 0 Å². The molecule has 0 aliphatic heterocycles. The van der Waals surface area contributed by atoms with Gasteiger partial charge in [0.1, 0.15) is 0 Å². The Morgan fingerprint density at radius 2 is 1.54 bits per heavy atom. The summed E-state index contributed by atoms with van der Waals surface area (Å²) in [5, 5.41) is 0.